The van der Waals surface area contributed by atoms with Gasteiger partial charge in [0, 0.05) is 38.2 Å². The molecule has 24 heavy (non-hydrogen) atoms. The first-order valence-corrected chi connectivity index (χ1v) is 7.51. The smallest absolute Gasteiger partial charge is 0.251 e. The van der Waals surface area contributed by atoms with Crippen molar-refractivity contribution in [1.29, 1.82) is 0 Å². The minimum atomic E-state index is -0.158. The van der Waals surface area contributed by atoms with E-state index in [1.807, 2.05) is 43.4 Å². The second-order valence-corrected chi connectivity index (χ2v) is 5.43. The largest absolute Gasteiger partial charge is 0.347 e. The van der Waals surface area contributed by atoms with Crippen molar-refractivity contribution in [3.63, 3.8) is 0 Å². The zero-order valence-corrected chi connectivity index (χ0v) is 13.5. The molecule has 2 heterocycles. The highest BCUT2D eigenvalue weighted by Gasteiger charge is 2.08. The van der Waals surface area contributed by atoms with Crippen molar-refractivity contribution in [3.8, 4) is 5.69 Å². The van der Waals surface area contributed by atoms with Crippen molar-refractivity contribution in [2.24, 2.45) is 0 Å². The van der Waals surface area contributed by atoms with Crippen LogP contribution in [0.3, 0.4) is 0 Å². The van der Waals surface area contributed by atoms with Gasteiger partial charge in [-0.25, -0.2) is 14.6 Å². The SMILES string of the molecule is CN(C)c1nccc(CNC(=O)c2cccc(-n3cccn3)c2)n1. The highest BCUT2D eigenvalue weighted by atomic mass is 16.1. The Labute approximate surface area is 140 Å². The van der Waals surface area contributed by atoms with Crippen LogP contribution in [0.1, 0.15) is 16.1 Å². The molecule has 0 unspecified atom stereocenters. The molecule has 122 valence electrons. The lowest BCUT2D eigenvalue weighted by atomic mass is 10.2. The molecule has 3 rings (SSSR count). The number of nitrogens with zero attached hydrogens (tertiary/aromatic N) is 5. The first-order valence-electron chi connectivity index (χ1n) is 7.51. The maximum atomic E-state index is 12.4. The lowest BCUT2D eigenvalue weighted by molar-refractivity contribution is 0.0950. The number of rotatable bonds is 5. The van der Waals surface area contributed by atoms with Gasteiger partial charge in [-0.2, -0.15) is 5.10 Å². The fourth-order valence-electron chi connectivity index (χ4n) is 2.18. The highest BCUT2D eigenvalue weighted by molar-refractivity contribution is 5.94. The molecule has 0 fully saturated rings. The van der Waals surface area contributed by atoms with Crippen LogP contribution < -0.4 is 10.2 Å². The topological polar surface area (TPSA) is 75.9 Å². The Bertz CT molecular complexity index is 829. The molecule has 0 aliphatic rings. The molecule has 0 saturated carbocycles. The summed E-state index contributed by atoms with van der Waals surface area (Å²) in [5.41, 5.74) is 2.17. The van der Waals surface area contributed by atoms with Crippen molar-refractivity contribution < 1.29 is 4.79 Å². The summed E-state index contributed by atoms with van der Waals surface area (Å²) in [6.45, 7) is 0.341. The van der Waals surface area contributed by atoms with E-state index in [-0.39, 0.29) is 5.91 Å². The third kappa shape index (κ3) is 3.57. The van der Waals surface area contributed by atoms with Gasteiger partial charge in [-0.05, 0) is 30.3 Å². The molecule has 1 amide bonds. The molecule has 0 bridgehead atoms. The predicted molar refractivity (Wildman–Crippen MR) is 91.1 cm³/mol. The minimum Gasteiger partial charge on any atom is -0.347 e. The van der Waals surface area contributed by atoms with Crippen molar-refractivity contribution in [2.45, 2.75) is 6.54 Å². The van der Waals surface area contributed by atoms with Crippen LogP contribution >= 0.6 is 0 Å². The monoisotopic (exact) mass is 322 g/mol. The number of hydrogen-bond donors (Lipinski definition) is 1. The average Bonchev–Trinajstić information content (AvgIpc) is 3.15. The maximum Gasteiger partial charge on any atom is 0.251 e. The van der Waals surface area contributed by atoms with E-state index in [1.165, 1.54) is 0 Å². The zero-order chi connectivity index (χ0) is 16.9. The quantitative estimate of drug-likeness (QED) is 0.773. The molecule has 0 aliphatic carbocycles. The van der Waals surface area contributed by atoms with Crippen LogP contribution in [0.25, 0.3) is 5.69 Å². The number of nitrogens with one attached hydrogen (secondary N) is 1. The van der Waals surface area contributed by atoms with Gasteiger partial charge in [0.25, 0.3) is 5.91 Å². The molecule has 0 saturated heterocycles. The fraction of sp³-hybridized carbons (Fsp3) is 0.176. The van der Waals surface area contributed by atoms with Gasteiger partial charge in [-0.1, -0.05) is 6.07 Å². The van der Waals surface area contributed by atoms with Gasteiger partial charge < -0.3 is 10.2 Å². The third-order valence-electron chi connectivity index (χ3n) is 3.41. The highest BCUT2D eigenvalue weighted by Crippen LogP contribution is 2.10. The number of amides is 1. The fourth-order valence-corrected chi connectivity index (χ4v) is 2.18. The van der Waals surface area contributed by atoms with Gasteiger partial charge in [-0.15, -0.1) is 0 Å². The summed E-state index contributed by atoms with van der Waals surface area (Å²) in [5, 5.41) is 7.05. The van der Waals surface area contributed by atoms with E-state index < -0.39 is 0 Å². The molecule has 7 heteroatoms. The van der Waals surface area contributed by atoms with Crippen LogP contribution in [-0.2, 0) is 6.54 Å². The zero-order valence-electron chi connectivity index (χ0n) is 13.5. The van der Waals surface area contributed by atoms with Gasteiger partial charge in [0.05, 0.1) is 17.9 Å². The summed E-state index contributed by atoms with van der Waals surface area (Å²) in [7, 11) is 3.75. The Morgan fingerprint density at radius 3 is 2.83 bits per heavy atom. The Balaban J connectivity index is 1.69. The molecule has 0 aliphatic heterocycles. The van der Waals surface area contributed by atoms with Crippen molar-refractivity contribution in [3.05, 3.63) is 66.2 Å². The Kier molecular flexibility index (Phi) is 4.51. The molecule has 0 spiro atoms. The van der Waals surface area contributed by atoms with E-state index in [2.05, 4.69) is 20.4 Å². The van der Waals surface area contributed by atoms with Crippen molar-refractivity contribution in [1.82, 2.24) is 25.1 Å². The van der Waals surface area contributed by atoms with Gasteiger partial charge in [-0.3, -0.25) is 4.79 Å². The molecule has 2 aromatic heterocycles. The Morgan fingerprint density at radius 1 is 1.21 bits per heavy atom. The van der Waals surface area contributed by atoms with E-state index in [9.17, 15) is 4.79 Å². The molecule has 1 N–H and O–H groups in total. The van der Waals surface area contributed by atoms with Crippen molar-refractivity contribution >= 4 is 11.9 Å². The number of benzene rings is 1. The van der Waals surface area contributed by atoms with E-state index in [1.54, 1.807) is 35.3 Å². The second-order valence-electron chi connectivity index (χ2n) is 5.43. The molecule has 0 radical (unpaired) electrons. The molecule has 1 aromatic carbocycles. The van der Waals surface area contributed by atoms with Crippen LogP contribution in [-0.4, -0.2) is 39.8 Å². The van der Waals surface area contributed by atoms with Gasteiger partial charge in [0.2, 0.25) is 5.95 Å². The molecule has 0 atom stereocenters. The Hall–Kier alpha value is -3.22. The van der Waals surface area contributed by atoms with Crippen LogP contribution in [0.4, 0.5) is 5.95 Å². The van der Waals surface area contributed by atoms with E-state index in [0.29, 0.717) is 18.1 Å². The van der Waals surface area contributed by atoms with Gasteiger partial charge >= 0.3 is 0 Å². The predicted octanol–water partition coefficient (Wildman–Crippen LogP) is 1.66. The lowest BCUT2D eigenvalue weighted by Gasteiger charge is -2.11. The average molecular weight is 322 g/mol. The lowest BCUT2D eigenvalue weighted by Crippen LogP contribution is -2.24. The minimum absolute atomic E-state index is 0.158. The van der Waals surface area contributed by atoms with Gasteiger partial charge in [0.15, 0.2) is 0 Å². The Morgan fingerprint density at radius 2 is 2.08 bits per heavy atom. The second kappa shape index (κ2) is 6.91. The standard InChI is InChI=1S/C17H18N6O/c1-22(2)17-18-9-7-14(21-17)12-19-16(24)13-5-3-6-15(11-13)23-10-4-8-20-23/h3-11H,12H2,1-2H3,(H,19,24). The van der Waals surface area contributed by atoms with E-state index in [4.69, 9.17) is 0 Å². The van der Waals surface area contributed by atoms with Crippen LogP contribution in [0.15, 0.2) is 55.0 Å². The maximum absolute atomic E-state index is 12.4. The van der Waals surface area contributed by atoms with E-state index >= 15 is 0 Å². The first-order chi connectivity index (χ1) is 11.6. The summed E-state index contributed by atoms with van der Waals surface area (Å²) in [6.07, 6.45) is 5.22. The molecular formula is C17H18N6O. The summed E-state index contributed by atoms with van der Waals surface area (Å²) < 4.78 is 1.71. The number of aromatic nitrogens is 4. The summed E-state index contributed by atoms with van der Waals surface area (Å²) in [5.74, 6) is 0.455. The van der Waals surface area contributed by atoms with Crippen molar-refractivity contribution in [2.75, 3.05) is 19.0 Å². The molecular weight excluding hydrogens is 304 g/mol. The summed E-state index contributed by atoms with van der Waals surface area (Å²) in [4.78, 5) is 22.7. The summed E-state index contributed by atoms with van der Waals surface area (Å²) >= 11 is 0. The summed E-state index contributed by atoms with van der Waals surface area (Å²) in [6, 6.07) is 10.9. The number of anilines is 1. The first kappa shape index (κ1) is 15.7. The normalized spacial score (nSPS) is 10.4. The van der Waals surface area contributed by atoms with Gasteiger partial charge in [0.1, 0.15) is 0 Å². The van der Waals surface area contributed by atoms with Crippen LogP contribution in [0.5, 0.6) is 0 Å². The number of carbonyl (C=O) groups excluding carboxylic acids is 1. The van der Waals surface area contributed by atoms with Crippen LogP contribution in [0.2, 0.25) is 0 Å². The van der Waals surface area contributed by atoms with E-state index in [0.717, 1.165) is 11.4 Å². The third-order valence-corrected chi connectivity index (χ3v) is 3.41. The number of carbonyl (C=O) groups is 1. The number of hydrogen-bond acceptors (Lipinski definition) is 5. The molecule has 3 aromatic rings. The van der Waals surface area contributed by atoms with Crippen LogP contribution in [0, 0.1) is 0 Å². The molecule has 7 nitrogen and oxygen atoms in total.